The van der Waals surface area contributed by atoms with Gasteiger partial charge in [-0.05, 0) is 38.1 Å². The molecule has 18 heavy (non-hydrogen) atoms. The minimum atomic E-state index is 0.133. The van der Waals surface area contributed by atoms with Crippen molar-refractivity contribution in [2.45, 2.75) is 58.0 Å². The first-order valence-corrected chi connectivity index (χ1v) is 7.30. The van der Waals surface area contributed by atoms with Crippen LogP contribution in [0.5, 0.6) is 0 Å². The van der Waals surface area contributed by atoms with E-state index >= 15 is 0 Å². The molecule has 4 nitrogen and oxygen atoms in total. The van der Waals surface area contributed by atoms with Crippen LogP contribution in [0.1, 0.15) is 51.9 Å². The Balaban J connectivity index is 1.92. The van der Waals surface area contributed by atoms with Gasteiger partial charge in [-0.3, -0.25) is 4.79 Å². The van der Waals surface area contributed by atoms with Gasteiger partial charge in [0.25, 0.3) is 0 Å². The van der Waals surface area contributed by atoms with Gasteiger partial charge in [-0.1, -0.05) is 19.8 Å². The number of carbonyl (C=O) groups is 1. The van der Waals surface area contributed by atoms with Gasteiger partial charge in [-0.25, -0.2) is 0 Å². The fourth-order valence-electron chi connectivity index (χ4n) is 2.37. The van der Waals surface area contributed by atoms with Crippen LogP contribution in [0.3, 0.4) is 0 Å². The van der Waals surface area contributed by atoms with E-state index in [9.17, 15) is 4.79 Å². The molecule has 106 valence electrons. The third kappa shape index (κ3) is 6.97. The van der Waals surface area contributed by atoms with Gasteiger partial charge in [0.2, 0.25) is 5.91 Å². The van der Waals surface area contributed by atoms with Gasteiger partial charge in [0.15, 0.2) is 0 Å². The molecule has 3 N–H and O–H groups in total. The zero-order chi connectivity index (χ0) is 13.2. The Morgan fingerprint density at radius 3 is 2.78 bits per heavy atom. The summed E-state index contributed by atoms with van der Waals surface area (Å²) in [7, 11) is 0. The lowest BCUT2D eigenvalue weighted by molar-refractivity contribution is -0.121. The maximum absolute atomic E-state index is 11.5. The predicted molar refractivity (Wildman–Crippen MR) is 73.3 cm³/mol. The quantitative estimate of drug-likeness (QED) is 0.619. The number of hydrogen-bond donors (Lipinski definition) is 2. The van der Waals surface area contributed by atoms with Crippen molar-refractivity contribution in [3.05, 3.63) is 0 Å². The maximum Gasteiger partial charge on any atom is 0.220 e. The van der Waals surface area contributed by atoms with E-state index in [1.165, 1.54) is 25.7 Å². The predicted octanol–water partition coefficient (Wildman–Crippen LogP) is 1.83. The summed E-state index contributed by atoms with van der Waals surface area (Å²) >= 11 is 0. The van der Waals surface area contributed by atoms with Crippen molar-refractivity contribution in [2.75, 3.05) is 19.7 Å². The monoisotopic (exact) mass is 256 g/mol. The summed E-state index contributed by atoms with van der Waals surface area (Å²) in [6.07, 6.45) is 7.91. The van der Waals surface area contributed by atoms with Crippen LogP contribution < -0.4 is 11.1 Å². The van der Waals surface area contributed by atoms with Crippen molar-refractivity contribution in [1.29, 1.82) is 0 Å². The third-order valence-electron chi connectivity index (χ3n) is 3.60. The van der Waals surface area contributed by atoms with Gasteiger partial charge in [0.05, 0.1) is 12.7 Å². The van der Waals surface area contributed by atoms with E-state index in [-0.39, 0.29) is 5.91 Å². The molecule has 1 aliphatic carbocycles. The Bertz CT molecular complexity index is 228. The lowest BCUT2D eigenvalue weighted by Gasteiger charge is -2.12. The van der Waals surface area contributed by atoms with Crippen molar-refractivity contribution >= 4 is 5.91 Å². The fourth-order valence-corrected chi connectivity index (χ4v) is 2.37. The molecule has 0 aromatic rings. The van der Waals surface area contributed by atoms with Crippen molar-refractivity contribution < 1.29 is 9.53 Å². The summed E-state index contributed by atoms with van der Waals surface area (Å²) in [5.41, 5.74) is 5.48. The summed E-state index contributed by atoms with van der Waals surface area (Å²) in [5.74, 6) is 0.671. The lowest BCUT2D eigenvalue weighted by Crippen LogP contribution is -2.28. The van der Waals surface area contributed by atoms with E-state index in [1.54, 1.807) is 0 Å². The normalized spacial score (nSPS) is 17.9. The Morgan fingerprint density at radius 1 is 1.39 bits per heavy atom. The number of ether oxygens (including phenoxy) is 1. The number of nitrogens with one attached hydrogen (secondary N) is 1. The highest BCUT2D eigenvalue weighted by atomic mass is 16.5. The van der Waals surface area contributed by atoms with E-state index in [0.29, 0.717) is 38.1 Å². The third-order valence-corrected chi connectivity index (χ3v) is 3.60. The molecule has 1 amide bonds. The molecule has 1 saturated carbocycles. The van der Waals surface area contributed by atoms with Crippen molar-refractivity contribution in [3.8, 4) is 0 Å². The average Bonchev–Trinajstić information content (AvgIpc) is 2.85. The van der Waals surface area contributed by atoms with Gasteiger partial charge < -0.3 is 15.8 Å². The fraction of sp³-hybridized carbons (Fsp3) is 0.929. The molecule has 1 atom stereocenters. The van der Waals surface area contributed by atoms with E-state index in [0.717, 1.165) is 12.8 Å². The van der Waals surface area contributed by atoms with Crippen LogP contribution >= 0.6 is 0 Å². The minimum Gasteiger partial charge on any atom is -0.376 e. The number of hydrogen-bond acceptors (Lipinski definition) is 3. The van der Waals surface area contributed by atoms with Gasteiger partial charge >= 0.3 is 0 Å². The summed E-state index contributed by atoms with van der Waals surface area (Å²) in [6, 6.07) is 0. The van der Waals surface area contributed by atoms with Crippen LogP contribution in [0.15, 0.2) is 0 Å². The van der Waals surface area contributed by atoms with Crippen LogP contribution in [-0.2, 0) is 9.53 Å². The van der Waals surface area contributed by atoms with Crippen LogP contribution in [0, 0.1) is 5.92 Å². The smallest absolute Gasteiger partial charge is 0.220 e. The maximum atomic E-state index is 11.5. The first-order chi connectivity index (χ1) is 8.72. The first-order valence-electron chi connectivity index (χ1n) is 7.30. The van der Waals surface area contributed by atoms with Crippen LogP contribution in [-0.4, -0.2) is 31.7 Å². The standard InChI is InChI=1S/C14H28N2O2/c1-12(8-9-15)6-7-14(17)16-10-11-18-13-4-2-3-5-13/h12-13H,2-11,15H2,1H3,(H,16,17). The number of rotatable bonds is 9. The van der Waals surface area contributed by atoms with Crippen LogP contribution in [0.25, 0.3) is 0 Å². The Hall–Kier alpha value is -0.610. The average molecular weight is 256 g/mol. The zero-order valence-corrected chi connectivity index (χ0v) is 11.6. The molecular formula is C14H28N2O2. The highest BCUT2D eigenvalue weighted by molar-refractivity contribution is 5.75. The molecule has 0 aliphatic heterocycles. The lowest BCUT2D eigenvalue weighted by atomic mass is 10.0. The Morgan fingerprint density at radius 2 is 2.11 bits per heavy atom. The highest BCUT2D eigenvalue weighted by Crippen LogP contribution is 2.20. The van der Waals surface area contributed by atoms with E-state index < -0.39 is 0 Å². The molecule has 1 rings (SSSR count). The molecule has 0 aromatic carbocycles. The highest BCUT2D eigenvalue weighted by Gasteiger charge is 2.14. The Labute approximate surface area is 111 Å². The summed E-state index contributed by atoms with van der Waals surface area (Å²) in [4.78, 5) is 11.5. The zero-order valence-electron chi connectivity index (χ0n) is 11.6. The number of carbonyl (C=O) groups excluding carboxylic acids is 1. The van der Waals surface area contributed by atoms with Crippen LogP contribution in [0.4, 0.5) is 0 Å². The molecule has 1 fully saturated rings. The van der Waals surface area contributed by atoms with E-state index in [4.69, 9.17) is 10.5 Å². The molecule has 0 heterocycles. The SMILES string of the molecule is CC(CCN)CCC(=O)NCCOC1CCCC1. The summed E-state index contributed by atoms with van der Waals surface area (Å²) < 4.78 is 5.69. The summed E-state index contributed by atoms with van der Waals surface area (Å²) in [5, 5.41) is 2.91. The van der Waals surface area contributed by atoms with Gasteiger partial charge in [0.1, 0.15) is 0 Å². The second-order valence-electron chi connectivity index (χ2n) is 5.35. The second kappa shape index (κ2) is 9.34. The molecule has 1 unspecified atom stereocenters. The molecule has 0 radical (unpaired) electrons. The molecule has 0 saturated heterocycles. The summed E-state index contributed by atoms with van der Waals surface area (Å²) in [6.45, 7) is 4.14. The second-order valence-corrected chi connectivity index (χ2v) is 5.35. The van der Waals surface area contributed by atoms with Crippen LogP contribution in [0.2, 0.25) is 0 Å². The van der Waals surface area contributed by atoms with E-state index in [1.807, 2.05) is 0 Å². The topological polar surface area (TPSA) is 64.4 Å². The number of amides is 1. The van der Waals surface area contributed by atoms with Crippen molar-refractivity contribution in [1.82, 2.24) is 5.32 Å². The Kier molecular flexibility index (Phi) is 8.01. The van der Waals surface area contributed by atoms with Gasteiger partial charge in [-0.15, -0.1) is 0 Å². The first kappa shape index (κ1) is 15.4. The largest absolute Gasteiger partial charge is 0.376 e. The molecule has 4 heteroatoms. The van der Waals surface area contributed by atoms with Crippen molar-refractivity contribution in [3.63, 3.8) is 0 Å². The molecule has 0 spiro atoms. The van der Waals surface area contributed by atoms with Gasteiger partial charge in [0, 0.05) is 13.0 Å². The van der Waals surface area contributed by atoms with Crippen molar-refractivity contribution in [2.24, 2.45) is 11.7 Å². The van der Waals surface area contributed by atoms with Gasteiger partial charge in [-0.2, -0.15) is 0 Å². The molecule has 0 bridgehead atoms. The van der Waals surface area contributed by atoms with E-state index in [2.05, 4.69) is 12.2 Å². The molecular weight excluding hydrogens is 228 g/mol. The minimum absolute atomic E-state index is 0.133. The molecule has 0 aromatic heterocycles. The molecule has 1 aliphatic rings. The number of nitrogens with two attached hydrogens (primary N) is 1.